The van der Waals surface area contributed by atoms with Gasteiger partial charge in [0, 0.05) is 11.1 Å². The third kappa shape index (κ3) is 8.18. The van der Waals surface area contributed by atoms with Gasteiger partial charge in [0.05, 0.1) is 25.4 Å². The second-order valence-corrected chi connectivity index (χ2v) is 10.3. The van der Waals surface area contributed by atoms with Gasteiger partial charge in [-0.3, -0.25) is 0 Å². The number of para-hydroxylation sites is 2. The summed E-state index contributed by atoms with van der Waals surface area (Å²) < 4.78 is 22.4. The molecule has 0 amide bonds. The Morgan fingerprint density at radius 2 is 0.826 bits per heavy atom. The number of carbonyl (C=O) groups is 2. The van der Waals surface area contributed by atoms with E-state index >= 15 is 0 Å². The maximum absolute atomic E-state index is 13.3. The zero-order valence-corrected chi connectivity index (χ0v) is 25.7. The molecule has 0 aromatic heterocycles. The molecule has 230 valence electrons. The summed E-state index contributed by atoms with van der Waals surface area (Å²) in [4.78, 5) is 26.6. The van der Waals surface area contributed by atoms with Crippen LogP contribution in [0.25, 0.3) is 23.3 Å². The fourth-order valence-electron chi connectivity index (χ4n) is 4.82. The molecule has 0 fully saturated rings. The van der Waals surface area contributed by atoms with Crippen molar-refractivity contribution < 1.29 is 28.5 Å². The van der Waals surface area contributed by atoms with Crippen LogP contribution in [0.2, 0.25) is 0 Å². The van der Waals surface area contributed by atoms with E-state index in [0.717, 1.165) is 33.4 Å². The summed E-state index contributed by atoms with van der Waals surface area (Å²) in [5.41, 5.74) is 5.47. The molecular weight excluding hydrogens is 576 g/mol. The number of hydrogen-bond donors (Lipinski definition) is 0. The Labute approximate surface area is 269 Å². The first-order chi connectivity index (χ1) is 22.6. The Hall–Kier alpha value is -5.88. The lowest BCUT2D eigenvalue weighted by Gasteiger charge is -2.12. The van der Waals surface area contributed by atoms with Gasteiger partial charge >= 0.3 is 11.9 Å². The molecule has 0 radical (unpaired) electrons. The summed E-state index contributed by atoms with van der Waals surface area (Å²) in [7, 11) is 3.19. The van der Waals surface area contributed by atoms with E-state index in [1.807, 2.05) is 133 Å². The standard InChI is InChI=1S/C40H34O6/c1-43-37-19-11-9-17-33(37)25-35(31-13-5-3-6-14-31)39(41)45-27-29-21-23-30(24-22-29)28-46-40(42)36(32-15-7-4-8-16-32)26-34-18-10-12-20-38(34)44-2/h3-26H,27-28H2,1-2H3. The molecule has 0 spiro atoms. The van der Waals surface area contributed by atoms with Gasteiger partial charge in [-0.1, -0.05) is 121 Å². The van der Waals surface area contributed by atoms with Gasteiger partial charge in [0.1, 0.15) is 24.7 Å². The number of carbonyl (C=O) groups excluding carboxylic acids is 2. The maximum Gasteiger partial charge on any atom is 0.339 e. The van der Waals surface area contributed by atoms with E-state index in [0.29, 0.717) is 22.6 Å². The van der Waals surface area contributed by atoms with Crippen molar-refractivity contribution in [2.45, 2.75) is 13.2 Å². The minimum Gasteiger partial charge on any atom is -0.496 e. The van der Waals surface area contributed by atoms with Crippen LogP contribution in [-0.4, -0.2) is 26.2 Å². The van der Waals surface area contributed by atoms with Gasteiger partial charge in [0.2, 0.25) is 0 Å². The van der Waals surface area contributed by atoms with E-state index in [1.165, 1.54) is 0 Å². The summed E-state index contributed by atoms with van der Waals surface area (Å²) in [6.07, 6.45) is 3.56. The third-order valence-corrected chi connectivity index (χ3v) is 7.25. The molecule has 0 saturated heterocycles. The minimum atomic E-state index is -0.453. The predicted molar refractivity (Wildman–Crippen MR) is 181 cm³/mol. The second-order valence-electron chi connectivity index (χ2n) is 10.3. The minimum absolute atomic E-state index is 0.0782. The highest BCUT2D eigenvalue weighted by Crippen LogP contribution is 2.27. The number of ether oxygens (including phenoxy) is 4. The molecule has 0 aliphatic carbocycles. The largest absolute Gasteiger partial charge is 0.496 e. The molecular formula is C40H34O6. The third-order valence-electron chi connectivity index (χ3n) is 7.25. The first-order valence-electron chi connectivity index (χ1n) is 14.8. The van der Waals surface area contributed by atoms with Crippen LogP contribution >= 0.6 is 0 Å². The van der Waals surface area contributed by atoms with Crippen LogP contribution in [0, 0.1) is 0 Å². The van der Waals surface area contributed by atoms with Gasteiger partial charge in [-0.2, -0.15) is 0 Å². The number of benzene rings is 5. The van der Waals surface area contributed by atoms with E-state index < -0.39 is 11.9 Å². The van der Waals surface area contributed by atoms with Gasteiger partial charge in [-0.15, -0.1) is 0 Å². The Morgan fingerprint density at radius 3 is 1.20 bits per heavy atom. The zero-order valence-electron chi connectivity index (χ0n) is 25.7. The van der Waals surface area contributed by atoms with E-state index in [2.05, 4.69) is 0 Å². The predicted octanol–water partition coefficient (Wildman–Crippen LogP) is 8.27. The molecule has 6 heteroatoms. The molecule has 6 nitrogen and oxygen atoms in total. The Morgan fingerprint density at radius 1 is 0.478 bits per heavy atom. The second kappa shape index (κ2) is 15.7. The van der Waals surface area contributed by atoms with Crippen molar-refractivity contribution in [1.82, 2.24) is 0 Å². The average molecular weight is 611 g/mol. The van der Waals surface area contributed by atoms with E-state index in [-0.39, 0.29) is 13.2 Å². The summed E-state index contributed by atoms with van der Waals surface area (Å²) in [6, 6.07) is 41.2. The first-order valence-corrected chi connectivity index (χ1v) is 14.8. The molecule has 0 aliphatic rings. The summed E-state index contributed by atoms with van der Waals surface area (Å²) in [5.74, 6) is 0.410. The van der Waals surface area contributed by atoms with Crippen molar-refractivity contribution in [1.29, 1.82) is 0 Å². The van der Waals surface area contributed by atoms with Crippen molar-refractivity contribution in [3.63, 3.8) is 0 Å². The highest BCUT2D eigenvalue weighted by molar-refractivity contribution is 6.22. The molecule has 46 heavy (non-hydrogen) atoms. The van der Waals surface area contributed by atoms with Gasteiger partial charge < -0.3 is 18.9 Å². The number of rotatable bonds is 12. The number of esters is 2. The van der Waals surface area contributed by atoms with E-state index in [9.17, 15) is 9.59 Å². The van der Waals surface area contributed by atoms with Crippen LogP contribution in [0.3, 0.4) is 0 Å². The van der Waals surface area contributed by atoms with Crippen LogP contribution in [0.15, 0.2) is 133 Å². The van der Waals surface area contributed by atoms with Crippen LogP contribution < -0.4 is 9.47 Å². The fourth-order valence-corrected chi connectivity index (χ4v) is 4.82. The Balaban J connectivity index is 1.25. The summed E-state index contributed by atoms with van der Waals surface area (Å²) >= 11 is 0. The van der Waals surface area contributed by atoms with Gasteiger partial charge in [-0.25, -0.2) is 9.59 Å². The molecule has 0 N–H and O–H groups in total. The lowest BCUT2D eigenvalue weighted by atomic mass is 10.0. The van der Waals surface area contributed by atoms with Crippen LogP contribution in [0.1, 0.15) is 33.4 Å². The average Bonchev–Trinajstić information content (AvgIpc) is 3.12. The van der Waals surface area contributed by atoms with Crippen LogP contribution in [0.4, 0.5) is 0 Å². The highest BCUT2D eigenvalue weighted by Gasteiger charge is 2.17. The molecule has 0 saturated carbocycles. The molecule has 0 heterocycles. The Bertz CT molecular complexity index is 1690. The SMILES string of the molecule is COc1ccccc1C=C(C(=O)OCc1ccc(COC(=O)C(=Cc2ccccc2OC)c2ccccc2)cc1)c1ccccc1. The molecule has 5 rings (SSSR count). The number of hydrogen-bond acceptors (Lipinski definition) is 6. The first kappa shape index (κ1) is 31.5. The van der Waals surface area contributed by atoms with Crippen molar-refractivity contribution in [2.75, 3.05) is 14.2 Å². The topological polar surface area (TPSA) is 71.1 Å². The highest BCUT2D eigenvalue weighted by atomic mass is 16.5. The quantitative estimate of drug-likeness (QED) is 0.0805. The summed E-state index contributed by atoms with van der Waals surface area (Å²) in [6.45, 7) is 0.156. The Kier molecular flexibility index (Phi) is 10.8. The van der Waals surface area contributed by atoms with Crippen molar-refractivity contribution in [2.24, 2.45) is 0 Å². The van der Waals surface area contributed by atoms with E-state index in [1.54, 1.807) is 26.4 Å². The van der Waals surface area contributed by atoms with Gasteiger partial charge in [0.15, 0.2) is 0 Å². The van der Waals surface area contributed by atoms with Gasteiger partial charge in [-0.05, 0) is 46.5 Å². The van der Waals surface area contributed by atoms with Crippen LogP contribution in [-0.2, 0) is 32.3 Å². The van der Waals surface area contributed by atoms with Crippen molar-refractivity contribution in [3.8, 4) is 11.5 Å². The smallest absolute Gasteiger partial charge is 0.339 e. The molecule has 0 aliphatic heterocycles. The van der Waals surface area contributed by atoms with Crippen LogP contribution in [0.5, 0.6) is 11.5 Å². The maximum atomic E-state index is 13.3. The van der Waals surface area contributed by atoms with Gasteiger partial charge in [0.25, 0.3) is 0 Å². The summed E-state index contributed by atoms with van der Waals surface area (Å²) in [5, 5.41) is 0. The molecule has 0 unspecified atom stereocenters. The van der Waals surface area contributed by atoms with Crippen molar-refractivity contribution >= 4 is 35.2 Å². The zero-order chi connectivity index (χ0) is 32.1. The lowest BCUT2D eigenvalue weighted by Crippen LogP contribution is -2.08. The molecule has 0 bridgehead atoms. The lowest BCUT2D eigenvalue weighted by molar-refractivity contribution is -0.138. The fraction of sp³-hybridized carbons (Fsp3) is 0.100. The molecule has 0 atom stereocenters. The monoisotopic (exact) mass is 610 g/mol. The molecule has 5 aromatic carbocycles. The van der Waals surface area contributed by atoms with E-state index in [4.69, 9.17) is 18.9 Å². The van der Waals surface area contributed by atoms with Crippen molar-refractivity contribution in [3.05, 3.63) is 167 Å². The number of methoxy groups -OCH3 is 2. The normalized spacial score (nSPS) is 11.4. The molecule has 5 aromatic rings.